The summed E-state index contributed by atoms with van der Waals surface area (Å²) in [6, 6.07) is 27.0. The average Bonchev–Trinajstić information content (AvgIpc) is 3.11. The van der Waals surface area contributed by atoms with E-state index in [0.29, 0.717) is 10.8 Å². The molecule has 2 aliphatic heterocycles. The van der Waals surface area contributed by atoms with Gasteiger partial charge in [-0.3, -0.25) is 9.80 Å². The van der Waals surface area contributed by atoms with Gasteiger partial charge in [0.2, 0.25) is 0 Å². The van der Waals surface area contributed by atoms with Crippen LogP contribution in [0.4, 0.5) is 0 Å². The first-order valence-electron chi connectivity index (χ1n) is 13.4. The molecule has 0 saturated carbocycles. The molecule has 3 aromatic carbocycles. The Balaban J connectivity index is 1.16. The van der Waals surface area contributed by atoms with E-state index in [0.717, 1.165) is 71.4 Å². The lowest BCUT2D eigenvalue weighted by Gasteiger charge is -2.32. The number of likely N-dealkylation sites (tertiary alicyclic amines) is 1. The molecule has 1 fully saturated rings. The van der Waals surface area contributed by atoms with Crippen LogP contribution < -0.4 is 0 Å². The minimum Gasteiger partial charge on any atom is -0.299 e. The zero-order valence-electron chi connectivity index (χ0n) is 21.2. The maximum atomic E-state index is 13.3. The second kappa shape index (κ2) is 11.7. The van der Waals surface area contributed by atoms with Crippen LogP contribution in [0.2, 0.25) is 0 Å². The standard InChI is InChI=1S/C31H38N2O2S/c34-36(35,21-17-26-15-19-32(20-16-26)23-27-8-3-1-4-9-27)31-14-13-29-12-7-18-33(25-30(29)22-31)24-28-10-5-2-6-11-28/h1-6,8-11,13-14,22,26H,7,12,15-21,23-25H2. The van der Waals surface area contributed by atoms with E-state index in [1.54, 1.807) is 0 Å². The van der Waals surface area contributed by atoms with E-state index in [1.165, 1.54) is 22.3 Å². The van der Waals surface area contributed by atoms with E-state index in [2.05, 4.69) is 70.5 Å². The third kappa shape index (κ3) is 6.64. The molecule has 2 heterocycles. The van der Waals surface area contributed by atoms with Gasteiger partial charge in [0.15, 0.2) is 9.84 Å². The van der Waals surface area contributed by atoms with Crippen LogP contribution in [-0.4, -0.2) is 43.6 Å². The first kappa shape index (κ1) is 25.2. The van der Waals surface area contributed by atoms with Crippen molar-refractivity contribution in [2.75, 3.05) is 25.4 Å². The first-order valence-corrected chi connectivity index (χ1v) is 15.1. The highest BCUT2D eigenvalue weighted by atomic mass is 32.2. The van der Waals surface area contributed by atoms with E-state index in [-0.39, 0.29) is 5.75 Å². The highest BCUT2D eigenvalue weighted by Crippen LogP contribution is 2.27. The van der Waals surface area contributed by atoms with Crippen molar-refractivity contribution in [3.05, 3.63) is 101 Å². The molecule has 0 radical (unpaired) electrons. The van der Waals surface area contributed by atoms with Crippen LogP contribution >= 0.6 is 0 Å². The second-order valence-electron chi connectivity index (χ2n) is 10.5. The molecule has 0 aromatic heterocycles. The summed E-state index contributed by atoms with van der Waals surface area (Å²) >= 11 is 0. The number of benzene rings is 3. The van der Waals surface area contributed by atoms with Gasteiger partial charge in [0.25, 0.3) is 0 Å². The fourth-order valence-corrected chi connectivity index (χ4v) is 7.17. The molecule has 0 unspecified atom stereocenters. The van der Waals surface area contributed by atoms with Crippen LogP contribution in [0.1, 0.15) is 47.9 Å². The van der Waals surface area contributed by atoms with Crippen LogP contribution in [-0.2, 0) is 35.9 Å². The minimum absolute atomic E-state index is 0.253. The zero-order valence-corrected chi connectivity index (χ0v) is 22.0. The molecular weight excluding hydrogens is 464 g/mol. The number of nitrogens with zero attached hydrogens (tertiary/aromatic N) is 2. The predicted molar refractivity (Wildman–Crippen MR) is 146 cm³/mol. The van der Waals surface area contributed by atoms with Crippen molar-refractivity contribution >= 4 is 9.84 Å². The van der Waals surface area contributed by atoms with E-state index in [9.17, 15) is 8.42 Å². The molecule has 2 aliphatic rings. The Morgan fingerprint density at radius 2 is 1.36 bits per heavy atom. The number of sulfone groups is 1. The third-order valence-corrected chi connectivity index (χ3v) is 9.60. The van der Waals surface area contributed by atoms with Crippen LogP contribution in [0.3, 0.4) is 0 Å². The number of aryl methyl sites for hydroxylation is 1. The molecule has 5 heteroatoms. The van der Waals surface area contributed by atoms with Gasteiger partial charge in [-0.1, -0.05) is 66.7 Å². The highest BCUT2D eigenvalue weighted by molar-refractivity contribution is 7.91. The topological polar surface area (TPSA) is 40.6 Å². The van der Waals surface area contributed by atoms with Crippen molar-refractivity contribution in [1.29, 1.82) is 0 Å². The van der Waals surface area contributed by atoms with Gasteiger partial charge >= 0.3 is 0 Å². The van der Waals surface area contributed by atoms with E-state index in [1.807, 2.05) is 18.2 Å². The van der Waals surface area contributed by atoms with Crippen LogP contribution in [0.15, 0.2) is 83.8 Å². The van der Waals surface area contributed by atoms with Crippen LogP contribution in [0.25, 0.3) is 0 Å². The van der Waals surface area contributed by atoms with E-state index < -0.39 is 9.84 Å². The van der Waals surface area contributed by atoms with Gasteiger partial charge in [0, 0.05) is 19.6 Å². The second-order valence-corrected chi connectivity index (χ2v) is 12.7. The monoisotopic (exact) mass is 502 g/mol. The summed E-state index contributed by atoms with van der Waals surface area (Å²) in [5, 5.41) is 0. The van der Waals surface area contributed by atoms with Gasteiger partial charge in [0.05, 0.1) is 10.6 Å². The van der Waals surface area contributed by atoms with Crippen molar-refractivity contribution in [3.8, 4) is 0 Å². The Morgan fingerprint density at radius 1 is 0.722 bits per heavy atom. The summed E-state index contributed by atoms with van der Waals surface area (Å²) in [6.45, 7) is 5.84. The molecule has 0 bridgehead atoms. The minimum atomic E-state index is -3.28. The molecule has 0 spiro atoms. The van der Waals surface area contributed by atoms with Crippen molar-refractivity contribution < 1.29 is 8.42 Å². The van der Waals surface area contributed by atoms with Gasteiger partial charge in [-0.05, 0) is 92.0 Å². The summed E-state index contributed by atoms with van der Waals surface area (Å²) in [5.41, 5.74) is 5.14. The Hall–Kier alpha value is -2.47. The quantitative estimate of drug-likeness (QED) is 0.396. The SMILES string of the molecule is O=S(=O)(CCC1CCN(Cc2ccccc2)CC1)c1ccc2c(c1)CN(Cc1ccccc1)CCC2. The molecule has 0 aliphatic carbocycles. The number of hydrogen-bond donors (Lipinski definition) is 0. The summed E-state index contributed by atoms with van der Waals surface area (Å²) in [6.07, 6.45) is 5.05. The van der Waals surface area contributed by atoms with Crippen molar-refractivity contribution in [2.24, 2.45) is 5.92 Å². The lowest BCUT2D eigenvalue weighted by atomic mass is 9.94. The van der Waals surface area contributed by atoms with Gasteiger partial charge in [0.1, 0.15) is 0 Å². The van der Waals surface area contributed by atoms with Crippen molar-refractivity contribution in [2.45, 2.75) is 56.6 Å². The summed E-state index contributed by atoms with van der Waals surface area (Å²) in [7, 11) is -3.28. The molecule has 3 aromatic rings. The molecule has 0 N–H and O–H groups in total. The number of piperidine rings is 1. The maximum absolute atomic E-state index is 13.3. The number of fused-ring (bicyclic) bond motifs is 1. The number of hydrogen-bond acceptors (Lipinski definition) is 4. The molecular formula is C31H38N2O2S. The van der Waals surface area contributed by atoms with Crippen molar-refractivity contribution in [3.63, 3.8) is 0 Å². The normalized spacial score (nSPS) is 18.0. The van der Waals surface area contributed by atoms with Crippen LogP contribution in [0.5, 0.6) is 0 Å². The molecule has 5 rings (SSSR count). The highest BCUT2D eigenvalue weighted by Gasteiger charge is 2.24. The largest absolute Gasteiger partial charge is 0.299 e. The molecule has 0 atom stereocenters. The van der Waals surface area contributed by atoms with E-state index >= 15 is 0 Å². The predicted octanol–water partition coefficient (Wildman–Crippen LogP) is 5.71. The Morgan fingerprint density at radius 3 is 2.03 bits per heavy atom. The lowest BCUT2D eigenvalue weighted by Crippen LogP contribution is -2.33. The van der Waals surface area contributed by atoms with E-state index in [4.69, 9.17) is 0 Å². The van der Waals surface area contributed by atoms with Crippen molar-refractivity contribution in [1.82, 2.24) is 9.80 Å². The summed E-state index contributed by atoms with van der Waals surface area (Å²) in [4.78, 5) is 5.44. The zero-order chi connectivity index (χ0) is 24.8. The molecule has 0 amide bonds. The Labute approximate surface area is 216 Å². The fourth-order valence-electron chi connectivity index (χ4n) is 5.69. The maximum Gasteiger partial charge on any atom is 0.178 e. The summed E-state index contributed by atoms with van der Waals surface area (Å²) < 4.78 is 26.6. The average molecular weight is 503 g/mol. The van der Waals surface area contributed by atoms with Gasteiger partial charge in [-0.2, -0.15) is 0 Å². The molecule has 1 saturated heterocycles. The van der Waals surface area contributed by atoms with Crippen LogP contribution in [0, 0.1) is 5.92 Å². The Kier molecular flexibility index (Phi) is 8.20. The summed E-state index contributed by atoms with van der Waals surface area (Å²) in [5.74, 6) is 0.747. The molecule has 36 heavy (non-hydrogen) atoms. The number of rotatable bonds is 8. The van der Waals surface area contributed by atoms with Gasteiger partial charge in [-0.25, -0.2) is 8.42 Å². The van der Waals surface area contributed by atoms with Gasteiger partial charge < -0.3 is 0 Å². The third-order valence-electron chi connectivity index (χ3n) is 7.85. The fraction of sp³-hybridized carbons (Fsp3) is 0.419. The lowest BCUT2D eigenvalue weighted by molar-refractivity contribution is 0.175. The molecule has 190 valence electrons. The smallest absolute Gasteiger partial charge is 0.178 e. The first-order chi connectivity index (χ1) is 17.5. The van der Waals surface area contributed by atoms with Gasteiger partial charge in [-0.15, -0.1) is 0 Å². The Bertz CT molecular complexity index is 1220. The molecule has 4 nitrogen and oxygen atoms in total.